The standard InChI is InChI=1S/C19H22N4O3/c1-22-16-5-4-14(20-19(24)17-3-2-10-26-17)13-15(16)21-18(22)6-7-23-8-11-25-12-9-23/h2-5,10,13H,6-9,11-12H2,1H3,(H,20,24). The van der Waals surface area contributed by atoms with Crippen molar-refractivity contribution in [2.24, 2.45) is 7.05 Å². The SMILES string of the molecule is Cn1c(CCN2CCOCC2)nc2cc(NC(=O)c3ccco3)ccc21. The maximum atomic E-state index is 12.1. The zero-order valence-electron chi connectivity index (χ0n) is 14.8. The zero-order valence-corrected chi connectivity index (χ0v) is 14.8. The molecule has 7 heteroatoms. The van der Waals surface area contributed by atoms with Crippen LogP contribution in [-0.2, 0) is 18.2 Å². The van der Waals surface area contributed by atoms with Crippen LogP contribution in [-0.4, -0.2) is 53.2 Å². The minimum atomic E-state index is -0.266. The molecule has 0 spiro atoms. The molecule has 0 aliphatic carbocycles. The van der Waals surface area contributed by atoms with Gasteiger partial charge in [0.25, 0.3) is 5.91 Å². The average molecular weight is 354 g/mol. The first kappa shape index (κ1) is 16.8. The van der Waals surface area contributed by atoms with E-state index in [1.165, 1.54) is 6.26 Å². The molecule has 1 aromatic carbocycles. The topological polar surface area (TPSA) is 72.5 Å². The van der Waals surface area contributed by atoms with Gasteiger partial charge in [-0.1, -0.05) is 0 Å². The Bertz CT molecular complexity index is 895. The van der Waals surface area contributed by atoms with Crippen molar-refractivity contribution in [1.82, 2.24) is 14.5 Å². The Morgan fingerprint density at radius 2 is 2.12 bits per heavy atom. The molecule has 4 rings (SSSR count). The first-order valence-corrected chi connectivity index (χ1v) is 8.81. The van der Waals surface area contributed by atoms with Gasteiger partial charge < -0.3 is 19.0 Å². The number of anilines is 1. The van der Waals surface area contributed by atoms with E-state index in [1.54, 1.807) is 12.1 Å². The lowest BCUT2D eigenvalue weighted by molar-refractivity contribution is 0.0382. The van der Waals surface area contributed by atoms with Crippen molar-refractivity contribution in [2.45, 2.75) is 6.42 Å². The Kier molecular flexibility index (Phi) is 4.73. The summed E-state index contributed by atoms with van der Waals surface area (Å²) < 4.78 is 12.6. The summed E-state index contributed by atoms with van der Waals surface area (Å²) >= 11 is 0. The molecule has 3 aromatic rings. The molecule has 1 aliphatic rings. The van der Waals surface area contributed by atoms with E-state index in [0.717, 1.165) is 56.1 Å². The molecule has 2 aromatic heterocycles. The lowest BCUT2D eigenvalue weighted by Crippen LogP contribution is -2.37. The first-order valence-electron chi connectivity index (χ1n) is 8.81. The zero-order chi connectivity index (χ0) is 17.9. The van der Waals surface area contributed by atoms with Gasteiger partial charge in [-0.2, -0.15) is 0 Å². The van der Waals surface area contributed by atoms with E-state index in [9.17, 15) is 4.79 Å². The Morgan fingerprint density at radius 1 is 1.27 bits per heavy atom. The van der Waals surface area contributed by atoms with Crippen molar-refractivity contribution in [2.75, 3.05) is 38.2 Å². The van der Waals surface area contributed by atoms with Gasteiger partial charge in [0.05, 0.1) is 30.5 Å². The number of hydrogen-bond acceptors (Lipinski definition) is 5. The molecular weight excluding hydrogens is 332 g/mol. The molecule has 3 heterocycles. The number of amides is 1. The second-order valence-corrected chi connectivity index (χ2v) is 6.43. The number of aryl methyl sites for hydroxylation is 1. The van der Waals surface area contributed by atoms with Gasteiger partial charge in [-0.25, -0.2) is 4.98 Å². The number of imidazole rings is 1. The van der Waals surface area contributed by atoms with Crippen LogP contribution in [0.2, 0.25) is 0 Å². The normalized spacial score (nSPS) is 15.4. The molecule has 7 nitrogen and oxygen atoms in total. The fraction of sp³-hybridized carbons (Fsp3) is 0.368. The summed E-state index contributed by atoms with van der Waals surface area (Å²) in [6.07, 6.45) is 2.37. The van der Waals surface area contributed by atoms with Crippen molar-refractivity contribution in [3.63, 3.8) is 0 Å². The highest BCUT2D eigenvalue weighted by molar-refractivity contribution is 6.03. The minimum absolute atomic E-state index is 0.266. The van der Waals surface area contributed by atoms with E-state index < -0.39 is 0 Å². The largest absolute Gasteiger partial charge is 0.459 e. The van der Waals surface area contributed by atoms with Gasteiger partial charge in [0.15, 0.2) is 5.76 Å². The van der Waals surface area contributed by atoms with Crippen LogP contribution in [0.1, 0.15) is 16.4 Å². The highest BCUT2D eigenvalue weighted by Gasteiger charge is 2.14. The predicted octanol–water partition coefficient (Wildman–Crippen LogP) is 2.29. The number of carbonyl (C=O) groups is 1. The van der Waals surface area contributed by atoms with Crippen LogP contribution in [0.25, 0.3) is 11.0 Å². The third kappa shape index (κ3) is 3.49. The van der Waals surface area contributed by atoms with E-state index in [-0.39, 0.29) is 11.7 Å². The number of benzene rings is 1. The highest BCUT2D eigenvalue weighted by atomic mass is 16.5. The summed E-state index contributed by atoms with van der Waals surface area (Å²) in [6.45, 7) is 4.55. The smallest absolute Gasteiger partial charge is 0.291 e. The number of fused-ring (bicyclic) bond motifs is 1. The van der Waals surface area contributed by atoms with Crippen molar-refractivity contribution >= 4 is 22.6 Å². The molecule has 26 heavy (non-hydrogen) atoms. The summed E-state index contributed by atoms with van der Waals surface area (Å²) in [6, 6.07) is 9.10. The van der Waals surface area contributed by atoms with Gasteiger partial charge in [-0.05, 0) is 30.3 Å². The summed E-state index contributed by atoms with van der Waals surface area (Å²) in [5.74, 6) is 1.07. The van der Waals surface area contributed by atoms with E-state index in [4.69, 9.17) is 14.1 Å². The number of nitrogens with zero attached hydrogens (tertiary/aromatic N) is 3. The van der Waals surface area contributed by atoms with Crippen LogP contribution in [0.4, 0.5) is 5.69 Å². The fourth-order valence-electron chi connectivity index (χ4n) is 3.23. The number of rotatable bonds is 5. The summed E-state index contributed by atoms with van der Waals surface area (Å²) in [4.78, 5) is 19.3. The molecule has 1 amide bonds. The summed E-state index contributed by atoms with van der Waals surface area (Å²) in [5.41, 5.74) is 2.64. The Morgan fingerprint density at radius 3 is 2.88 bits per heavy atom. The van der Waals surface area contributed by atoms with Crippen molar-refractivity contribution in [3.05, 3.63) is 48.2 Å². The van der Waals surface area contributed by atoms with Crippen molar-refractivity contribution in [3.8, 4) is 0 Å². The maximum absolute atomic E-state index is 12.1. The number of morpholine rings is 1. The van der Waals surface area contributed by atoms with Crippen LogP contribution in [0.5, 0.6) is 0 Å². The van der Waals surface area contributed by atoms with E-state index in [1.807, 2.05) is 25.2 Å². The van der Waals surface area contributed by atoms with Crippen molar-refractivity contribution < 1.29 is 13.9 Å². The summed E-state index contributed by atoms with van der Waals surface area (Å²) in [7, 11) is 2.03. The molecular formula is C19H22N4O3. The van der Waals surface area contributed by atoms with Crippen molar-refractivity contribution in [1.29, 1.82) is 0 Å². The molecule has 0 atom stereocenters. The number of hydrogen-bond donors (Lipinski definition) is 1. The van der Waals surface area contributed by atoms with Gasteiger partial charge in [-0.3, -0.25) is 9.69 Å². The second kappa shape index (κ2) is 7.31. The predicted molar refractivity (Wildman–Crippen MR) is 98.3 cm³/mol. The van der Waals surface area contributed by atoms with Gasteiger partial charge >= 0.3 is 0 Å². The van der Waals surface area contributed by atoms with Gasteiger partial charge in [0, 0.05) is 38.8 Å². The van der Waals surface area contributed by atoms with Crippen LogP contribution < -0.4 is 5.32 Å². The number of furan rings is 1. The van der Waals surface area contributed by atoms with E-state index in [0.29, 0.717) is 5.69 Å². The second-order valence-electron chi connectivity index (χ2n) is 6.43. The third-order valence-electron chi connectivity index (χ3n) is 4.73. The van der Waals surface area contributed by atoms with E-state index >= 15 is 0 Å². The molecule has 1 fully saturated rings. The molecule has 0 unspecified atom stereocenters. The Hall–Kier alpha value is -2.64. The minimum Gasteiger partial charge on any atom is -0.459 e. The number of aromatic nitrogens is 2. The van der Waals surface area contributed by atoms with Crippen LogP contribution in [0.15, 0.2) is 41.0 Å². The molecule has 1 aliphatic heterocycles. The number of nitrogens with one attached hydrogen (secondary N) is 1. The molecule has 1 saturated heterocycles. The van der Waals surface area contributed by atoms with Gasteiger partial charge in [0.2, 0.25) is 0 Å². The molecule has 0 saturated carbocycles. The molecule has 0 bridgehead atoms. The van der Waals surface area contributed by atoms with E-state index in [2.05, 4.69) is 14.8 Å². The van der Waals surface area contributed by atoms with Crippen LogP contribution in [0.3, 0.4) is 0 Å². The highest BCUT2D eigenvalue weighted by Crippen LogP contribution is 2.21. The monoisotopic (exact) mass is 354 g/mol. The molecule has 1 N–H and O–H groups in total. The number of carbonyl (C=O) groups excluding carboxylic acids is 1. The molecule has 0 radical (unpaired) electrons. The maximum Gasteiger partial charge on any atom is 0.291 e. The molecule has 136 valence electrons. The Labute approximate surface area is 151 Å². The quantitative estimate of drug-likeness (QED) is 0.761. The Balaban J connectivity index is 1.48. The fourth-order valence-corrected chi connectivity index (χ4v) is 3.23. The first-order chi connectivity index (χ1) is 12.7. The summed E-state index contributed by atoms with van der Waals surface area (Å²) in [5, 5.41) is 2.84. The van der Waals surface area contributed by atoms with Crippen LogP contribution >= 0.6 is 0 Å². The van der Waals surface area contributed by atoms with Gasteiger partial charge in [0.1, 0.15) is 5.82 Å². The van der Waals surface area contributed by atoms with Gasteiger partial charge in [-0.15, -0.1) is 0 Å². The van der Waals surface area contributed by atoms with Crippen LogP contribution in [0, 0.1) is 0 Å². The lowest BCUT2D eigenvalue weighted by atomic mass is 10.2. The average Bonchev–Trinajstić information content (AvgIpc) is 3.30. The lowest BCUT2D eigenvalue weighted by Gasteiger charge is -2.26. The number of ether oxygens (including phenoxy) is 1. The third-order valence-corrected chi connectivity index (χ3v) is 4.73.